The van der Waals surface area contributed by atoms with Gasteiger partial charge >= 0.3 is 0 Å². The molecule has 1 atom stereocenters. The number of nitrogens with zero attached hydrogens (tertiary/aromatic N) is 1. The molecule has 1 aliphatic rings. The van der Waals surface area contributed by atoms with Crippen molar-refractivity contribution in [3.63, 3.8) is 0 Å². The van der Waals surface area contributed by atoms with Gasteiger partial charge in [-0.2, -0.15) is 0 Å². The van der Waals surface area contributed by atoms with Crippen LogP contribution in [0.2, 0.25) is 5.02 Å². The summed E-state index contributed by atoms with van der Waals surface area (Å²) in [5, 5.41) is 3.56. The van der Waals surface area contributed by atoms with Crippen molar-refractivity contribution < 1.29 is 4.79 Å². The first-order valence-corrected chi connectivity index (χ1v) is 6.60. The quantitative estimate of drug-likeness (QED) is 0.790. The van der Waals surface area contributed by atoms with Crippen molar-refractivity contribution in [1.29, 1.82) is 0 Å². The Bertz CT molecular complexity index is 666. The summed E-state index contributed by atoms with van der Waals surface area (Å²) in [6.45, 7) is 0.618. The fraction of sp³-hybridized carbons (Fsp3) is 0.333. The maximum atomic E-state index is 11.2. The van der Waals surface area contributed by atoms with E-state index in [0.29, 0.717) is 22.8 Å². The number of aromatic amines is 1. The topological polar surface area (TPSA) is 49.8 Å². The van der Waals surface area contributed by atoms with Gasteiger partial charge in [-0.1, -0.05) is 11.6 Å². The molecule has 2 heterocycles. The van der Waals surface area contributed by atoms with Gasteiger partial charge < -0.3 is 14.9 Å². The molecule has 1 aromatic heterocycles. The highest BCUT2D eigenvalue weighted by atomic mass is 35.5. The van der Waals surface area contributed by atoms with Crippen LogP contribution in [0.5, 0.6) is 0 Å². The molecule has 1 fully saturated rings. The molecule has 1 unspecified atom stereocenters. The number of carbonyl (C=O) groups is 1. The number of halogens is 1. The average Bonchev–Trinajstić information content (AvgIpc) is 2.66. The minimum absolute atomic E-state index is 0.107. The fourth-order valence-corrected chi connectivity index (χ4v) is 2.92. The van der Waals surface area contributed by atoms with Crippen molar-refractivity contribution in [2.45, 2.75) is 18.9 Å². The second-order valence-electron chi connectivity index (χ2n) is 4.46. The molecule has 1 saturated heterocycles. The van der Waals surface area contributed by atoms with Crippen molar-refractivity contribution in [1.82, 2.24) is 14.9 Å². The summed E-state index contributed by atoms with van der Waals surface area (Å²) >= 11 is 11.4. The van der Waals surface area contributed by atoms with Crippen molar-refractivity contribution in [2.75, 3.05) is 6.54 Å². The Labute approximate surface area is 114 Å². The van der Waals surface area contributed by atoms with Crippen LogP contribution in [0, 0.1) is 4.77 Å². The van der Waals surface area contributed by atoms with Crippen LogP contribution in [0.3, 0.4) is 0 Å². The number of H-pyrrole nitrogens is 1. The minimum Gasteiger partial charge on any atom is -0.354 e. The second kappa shape index (κ2) is 4.40. The van der Waals surface area contributed by atoms with Crippen molar-refractivity contribution >= 4 is 40.8 Å². The van der Waals surface area contributed by atoms with Crippen LogP contribution >= 0.6 is 23.8 Å². The van der Waals surface area contributed by atoms with E-state index >= 15 is 0 Å². The Kier molecular flexibility index (Phi) is 2.87. The second-order valence-corrected chi connectivity index (χ2v) is 5.28. The van der Waals surface area contributed by atoms with Gasteiger partial charge in [0.25, 0.3) is 0 Å². The Morgan fingerprint density at radius 2 is 2.28 bits per heavy atom. The SMILES string of the molecule is O=C1CCC(n2c(=S)[nH]c3ccc(Cl)cc32)CN1. The highest BCUT2D eigenvalue weighted by molar-refractivity contribution is 7.71. The molecule has 0 saturated carbocycles. The molecule has 3 rings (SSSR count). The van der Waals surface area contributed by atoms with Crippen molar-refractivity contribution in [3.05, 3.63) is 28.0 Å². The Balaban J connectivity index is 2.10. The molecule has 6 heteroatoms. The number of rotatable bonds is 1. The van der Waals surface area contributed by atoms with Gasteiger partial charge in [0.1, 0.15) is 0 Å². The third kappa shape index (κ3) is 1.93. The molecule has 1 aromatic carbocycles. The zero-order valence-electron chi connectivity index (χ0n) is 9.57. The van der Waals surface area contributed by atoms with Crippen LogP contribution in [0.25, 0.3) is 11.0 Å². The average molecular weight is 282 g/mol. The fourth-order valence-electron chi connectivity index (χ4n) is 2.40. The summed E-state index contributed by atoms with van der Waals surface area (Å²) in [5.74, 6) is 0.107. The first-order chi connectivity index (χ1) is 8.65. The van der Waals surface area contributed by atoms with Gasteiger partial charge in [0.05, 0.1) is 17.1 Å². The Hall–Kier alpha value is -1.33. The first kappa shape index (κ1) is 11.7. The molecule has 1 amide bonds. The van der Waals surface area contributed by atoms with Crippen LogP contribution in [0.15, 0.2) is 18.2 Å². The number of imidazole rings is 1. The summed E-state index contributed by atoms with van der Waals surface area (Å²) in [6.07, 6.45) is 1.35. The molecular formula is C12H12ClN3OS. The molecule has 0 bridgehead atoms. The lowest BCUT2D eigenvalue weighted by Gasteiger charge is -2.24. The number of amides is 1. The normalized spacial score (nSPS) is 20.1. The number of nitrogens with one attached hydrogen (secondary N) is 2. The van der Waals surface area contributed by atoms with Crippen LogP contribution in [0.1, 0.15) is 18.9 Å². The van der Waals surface area contributed by atoms with E-state index in [9.17, 15) is 4.79 Å². The lowest BCUT2D eigenvalue weighted by atomic mass is 10.1. The lowest BCUT2D eigenvalue weighted by Crippen LogP contribution is -2.36. The van der Waals surface area contributed by atoms with Crippen LogP contribution in [-0.4, -0.2) is 22.0 Å². The van der Waals surface area contributed by atoms with Crippen molar-refractivity contribution in [3.8, 4) is 0 Å². The highest BCUT2D eigenvalue weighted by Gasteiger charge is 2.21. The molecule has 2 aromatic rings. The molecule has 0 spiro atoms. The van der Waals surface area contributed by atoms with E-state index in [0.717, 1.165) is 17.5 Å². The molecule has 94 valence electrons. The third-order valence-electron chi connectivity index (χ3n) is 3.28. The summed E-state index contributed by atoms with van der Waals surface area (Å²) in [4.78, 5) is 14.4. The number of fused-ring (bicyclic) bond motifs is 1. The summed E-state index contributed by atoms with van der Waals surface area (Å²) < 4.78 is 2.73. The predicted molar refractivity (Wildman–Crippen MR) is 73.4 cm³/mol. The summed E-state index contributed by atoms with van der Waals surface area (Å²) in [7, 11) is 0. The Morgan fingerprint density at radius 1 is 1.44 bits per heavy atom. The molecular weight excluding hydrogens is 270 g/mol. The monoisotopic (exact) mass is 281 g/mol. The third-order valence-corrected chi connectivity index (χ3v) is 3.82. The molecule has 1 aliphatic heterocycles. The largest absolute Gasteiger partial charge is 0.354 e. The first-order valence-electron chi connectivity index (χ1n) is 5.81. The highest BCUT2D eigenvalue weighted by Crippen LogP contribution is 2.26. The minimum atomic E-state index is 0.107. The predicted octanol–water partition coefficient (Wildman–Crippen LogP) is 2.80. The van der Waals surface area contributed by atoms with Crippen LogP contribution in [0.4, 0.5) is 0 Å². The van der Waals surface area contributed by atoms with Gasteiger partial charge in [-0.15, -0.1) is 0 Å². The van der Waals surface area contributed by atoms with E-state index in [1.54, 1.807) is 0 Å². The van der Waals surface area contributed by atoms with E-state index in [4.69, 9.17) is 23.8 Å². The number of hydrogen-bond donors (Lipinski definition) is 2. The Morgan fingerprint density at radius 3 is 3.00 bits per heavy atom. The number of carbonyl (C=O) groups excluding carboxylic acids is 1. The van der Waals surface area contributed by atoms with E-state index < -0.39 is 0 Å². The van der Waals surface area contributed by atoms with Gasteiger partial charge in [0.15, 0.2) is 4.77 Å². The van der Waals surface area contributed by atoms with Crippen LogP contribution < -0.4 is 5.32 Å². The molecule has 2 N–H and O–H groups in total. The smallest absolute Gasteiger partial charge is 0.220 e. The molecule has 0 aliphatic carbocycles. The van der Waals surface area contributed by atoms with E-state index in [1.165, 1.54) is 0 Å². The van der Waals surface area contributed by atoms with Gasteiger partial charge in [0.2, 0.25) is 5.91 Å². The number of aromatic nitrogens is 2. The maximum absolute atomic E-state index is 11.2. The number of hydrogen-bond acceptors (Lipinski definition) is 2. The molecule has 18 heavy (non-hydrogen) atoms. The van der Waals surface area contributed by atoms with Gasteiger partial charge in [0, 0.05) is 18.0 Å². The van der Waals surface area contributed by atoms with E-state index in [2.05, 4.69) is 14.9 Å². The number of benzene rings is 1. The van der Waals surface area contributed by atoms with E-state index in [1.807, 2.05) is 18.2 Å². The molecule has 4 nitrogen and oxygen atoms in total. The number of piperidine rings is 1. The molecule has 0 radical (unpaired) electrons. The standard InChI is InChI=1S/C12H12ClN3OS/c13-7-1-3-9-10(5-7)16(12(18)15-9)8-2-4-11(17)14-6-8/h1,3,5,8H,2,4,6H2,(H,14,17)(H,15,18). The summed E-state index contributed by atoms with van der Waals surface area (Å²) in [5.41, 5.74) is 1.97. The van der Waals surface area contributed by atoms with Gasteiger partial charge in [-0.25, -0.2) is 0 Å². The lowest BCUT2D eigenvalue weighted by molar-refractivity contribution is -0.122. The zero-order valence-corrected chi connectivity index (χ0v) is 11.1. The zero-order chi connectivity index (χ0) is 12.7. The maximum Gasteiger partial charge on any atom is 0.220 e. The van der Waals surface area contributed by atoms with Crippen molar-refractivity contribution in [2.24, 2.45) is 0 Å². The van der Waals surface area contributed by atoms with E-state index in [-0.39, 0.29) is 11.9 Å². The van der Waals surface area contributed by atoms with Gasteiger partial charge in [-0.05, 0) is 36.8 Å². The van der Waals surface area contributed by atoms with Gasteiger partial charge in [-0.3, -0.25) is 4.79 Å². The summed E-state index contributed by atoms with van der Waals surface area (Å²) in [6, 6.07) is 5.86. The van der Waals surface area contributed by atoms with Crippen LogP contribution in [-0.2, 0) is 4.79 Å².